The van der Waals surface area contributed by atoms with Crippen molar-refractivity contribution < 1.29 is 4.92 Å². The maximum Gasteiger partial charge on any atom is 0.353 e. The Morgan fingerprint density at radius 2 is 2.06 bits per heavy atom. The van der Waals surface area contributed by atoms with E-state index in [0.29, 0.717) is 5.82 Å². The highest BCUT2D eigenvalue weighted by Gasteiger charge is 2.24. The van der Waals surface area contributed by atoms with E-state index < -0.39 is 4.92 Å². The molecule has 0 saturated carbocycles. The molecule has 0 unspecified atom stereocenters. The van der Waals surface area contributed by atoms with Crippen LogP contribution < -0.4 is 10.2 Å². The molecule has 0 amide bonds. The first kappa shape index (κ1) is 12.2. The zero-order valence-electron chi connectivity index (χ0n) is 9.76. The molecule has 0 radical (unpaired) electrons. The van der Waals surface area contributed by atoms with E-state index in [1.807, 2.05) is 13.8 Å². The number of nitrogens with zero attached hydrogens (tertiary/aromatic N) is 4. The third-order valence-electron chi connectivity index (χ3n) is 1.83. The number of rotatable bonds is 4. The maximum atomic E-state index is 11.0. The minimum Gasteiger partial charge on any atom is -0.362 e. The van der Waals surface area contributed by atoms with Gasteiger partial charge >= 0.3 is 5.69 Å². The smallest absolute Gasteiger partial charge is 0.353 e. The average Bonchev–Trinajstić information content (AvgIpc) is 2.15. The number of aromatic nitrogens is 2. The molecule has 1 N–H and O–H groups in total. The first-order valence-corrected chi connectivity index (χ1v) is 4.86. The van der Waals surface area contributed by atoms with Gasteiger partial charge in [0.05, 0.1) is 4.92 Å². The van der Waals surface area contributed by atoms with Gasteiger partial charge in [-0.25, -0.2) is 9.97 Å². The average molecular weight is 225 g/mol. The van der Waals surface area contributed by atoms with E-state index in [2.05, 4.69) is 15.3 Å². The van der Waals surface area contributed by atoms with Gasteiger partial charge in [0.15, 0.2) is 0 Å². The number of hydrogen-bond acceptors (Lipinski definition) is 6. The first-order chi connectivity index (χ1) is 7.43. The molecule has 1 heterocycles. The van der Waals surface area contributed by atoms with Crippen LogP contribution in [0.3, 0.4) is 0 Å². The van der Waals surface area contributed by atoms with Gasteiger partial charge in [-0.15, -0.1) is 0 Å². The van der Waals surface area contributed by atoms with E-state index in [1.165, 1.54) is 6.33 Å². The van der Waals surface area contributed by atoms with E-state index in [-0.39, 0.29) is 17.5 Å². The van der Waals surface area contributed by atoms with Gasteiger partial charge in [0.1, 0.15) is 6.33 Å². The van der Waals surface area contributed by atoms with Gasteiger partial charge in [0.2, 0.25) is 11.6 Å². The summed E-state index contributed by atoms with van der Waals surface area (Å²) in [5, 5.41) is 13.9. The van der Waals surface area contributed by atoms with Crippen LogP contribution in [0.4, 0.5) is 17.3 Å². The summed E-state index contributed by atoms with van der Waals surface area (Å²) in [5.41, 5.74) is -0.0961. The molecule has 0 spiro atoms. The van der Waals surface area contributed by atoms with Crippen LogP contribution in [-0.4, -0.2) is 35.0 Å². The highest BCUT2D eigenvalue weighted by molar-refractivity contribution is 5.69. The fourth-order valence-electron chi connectivity index (χ4n) is 1.24. The quantitative estimate of drug-likeness (QED) is 0.613. The molecule has 7 heteroatoms. The summed E-state index contributed by atoms with van der Waals surface area (Å²) in [7, 11) is 3.41. The van der Waals surface area contributed by atoms with Crippen molar-refractivity contribution in [1.29, 1.82) is 0 Å². The first-order valence-electron chi connectivity index (χ1n) is 4.86. The number of hydrogen-bond donors (Lipinski definition) is 1. The zero-order chi connectivity index (χ0) is 12.3. The van der Waals surface area contributed by atoms with Crippen LogP contribution in [-0.2, 0) is 0 Å². The molecule has 0 aromatic carbocycles. The second-order valence-corrected chi connectivity index (χ2v) is 3.85. The molecule has 1 rings (SSSR count). The fraction of sp³-hybridized carbons (Fsp3) is 0.556. The SMILES string of the molecule is CC(C)Nc1ncnc(N(C)C)c1[N+](=O)[O-]. The van der Waals surface area contributed by atoms with E-state index >= 15 is 0 Å². The van der Waals surface area contributed by atoms with Gasteiger partial charge in [-0.05, 0) is 13.8 Å². The van der Waals surface area contributed by atoms with Gasteiger partial charge in [0.25, 0.3) is 0 Å². The molecule has 0 saturated heterocycles. The van der Waals surface area contributed by atoms with E-state index in [9.17, 15) is 10.1 Å². The van der Waals surface area contributed by atoms with Crippen molar-refractivity contribution in [2.24, 2.45) is 0 Å². The number of anilines is 2. The Balaban J connectivity index is 3.27. The Morgan fingerprint density at radius 1 is 1.44 bits per heavy atom. The molecule has 7 nitrogen and oxygen atoms in total. The van der Waals surface area contributed by atoms with Gasteiger partial charge in [-0.3, -0.25) is 10.1 Å². The van der Waals surface area contributed by atoms with E-state index in [1.54, 1.807) is 19.0 Å². The Hall–Kier alpha value is -1.92. The third-order valence-corrected chi connectivity index (χ3v) is 1.83. The molecule has 0 aliphatic carbocycles. The van der Waals surface area contributed by atoms with Crippen LogP contribution in [0.1, 0.15) is 13.8 Å². The lowest BCUT2D eigenvalue weighted by Crippen LogP contribution is -2.17. The lowest BCUT2D eigenvalue weighted by Gasteiger charge is -2.14. The molecular weight excluding hydrogens is 210 g/mol. The summed E-state index contributed by atoms with van der Waals surface area (Å²) in [6, 6.07) is 0.0728. The van der Waals surface area contributed by atoms with Crippen LogP contribution in [0.2, 0.25) is 0 Å². The van der Waals surface area contributed by atoms with Gasteiger partial charge in [-0.2, -0.15) is 0 Å². The fourth-order valence-corrected chi connectivity index (χ4v) is 1.24. The van der Waals surface area contributed by atoms with Crippen LogP contribution in [0.25, 0.3) is 0 Å². The predicted molar refractivity (Wildman–Crippen MR) is 61.8 cm³/mol. The Labute approximate surface area is 93.7 Å². The summed E-state index contributed by atoms with van der Waals surface area (Å²) in [4.78, 5) is 19.9. The van der Waals surface area contributed by atoms with Crippen LogP contribution in [0.15, 0.2) is 6.33 Å². The normalized spacial score (nSPS) is 10.3. The summed E-state index contributed by atoms with van der Waals surface area (Å²) < 4.78 is 0. The van der Waals surface area contributed by atoms with Gasteiger partial charge < -0.3 is 10.2 Å². The minimum absolute atomic E-state index is 0.0728. The van der Waals surface area contributed by atoms with Crippen LogP contribution in [0.5, 0.6) is 0 Å². The molecule has 16 heavy (non-hydrogen) atoms. The monoisotopic (exact) mass is 225 g/mol. The Bertz CT molecular complexity index is 391. The van der Waals surface area contributed by atoms with Crippen LogP contribution in [0, 0.1) is 10.1 Å². The van der Waals surface area contributed by atoms with Crippen LogP contribution >= 0.6 is 0 Å². The van der Waals surface area contributed by atoms with E-state index in [0.717, 1.165) is 0 Å². The van der Waals surface area contributed by atoms with Crippen molar-refractivity contribution in [3.8, 4) is 0 Å². The summed E-state index contributed by atoms with van der Waals surface area (Å²) in [6.07, 6.45) is 1.31. The second kappa shape index (κ2) is 4.73. The van der Waals surface area contributed by atoms with Crippen molar-refractivity contribution in [2.75, 3.05) is 24.3 Å². The second-order valence-electron chi connectivity index (χ2n) is 3.85. The molecule has 1 aromatic heterocycles. The number of nitrogens with one attached hydrogen (secondary N) is 1. The van der Waals surface area contributed by atoms with Crippen molar-refractivity contribution in [3.63, 3.8) is 0 Å². The lowest BCUT2D eigenvalue weighted by molar-refractivity contribution is -0.383. The van der Waals surface area contributed by atoms with Crippen molar-refractivity contribution in [2.45, 2.75) is 19.9 Å². The Kier molecular flexibility index (Phi) is 3.60. The molecule has 0 atom stereocenters. The molecule has 0 aliphatic rings. The Morgan fingerprint density at radius 3 is 2.50 bits per heavy atom. The largest absolute Gasteiger partial charge is 0.362 e. The topological polar surface area (TPSA) is 84.2 Å². The summed E-state index contributed by atoms with van der Waals surface area (Å²) in [6.45, 7) is 3.78. The molecular formula is C9H15N5O2. The predicted octanol–water partition coefficient (Wildman–Crippen LogP) is 1.27. The van der Waals surface area contributed by atoms with Crippen molar-refractivity contribution in [1.82, 2.24) is 9.97 Å². The van der Waals surface area contributed by atoms with Crippen molar-refractivity contribution >= 4 is 17.3 Å². The lowest BCUT2D eigenvalue weighted by atomic mass is 10.3. The molecule has 88 valence electrons. The third kappa shape index (κ3) is 2.56. The number of nitro groups is 1. The summed E-state index contributed by atoms with van der Waals surface area (Å²) >= 11 is 0. The highest BCUT2D eigenvalue weighted by Crippen LogP contribution is 2.30. The van der Waals surface area contributed by atoms with Gasteiger partial charge in [0, 0.05) is 20.1 Å². The molecule has 0 aliphatic heterocycles. The summed E-state index contributed by atoms with van der Waals surface area (Å²) in [5.74, 6) is 0.543. The maximum absolute atomic E-state index is 11.0. The highest BCUT2D eigenvalue weighted by atomic mass is 16.6. The molecule has 0 fully saturated rings. The standard InChI is InChI=1S/C9H15N5O2/c1-6(2)12-8-7(14(15)16)9(13(3)4)11-5-10-8/h5-6H,1-4H3,(H,10,11,12). The minimum atomic E-state index is -0.472. The molecule has 0 bridgehead atoms. The van der Waals surface area contributed by atoms with E-state index in [4.69, 9.17) is 0 Å². The zero-order valence-corrected chi connectivity index (χ0v) is 9.76. The van der Waals surface area contributed by atoms with Crippen molar-refractivity contribution in [3.05, 3.63) is 16.4 Å². The van der Waals surface area contributed by atoms with Gasteiger partial charge in [-0.1, -0.05) is 0 Å². The molecule has 1 aromatic rings.